The molecule has 2 fully saturated rings. The summed E-state index contributed by atoms with van der Waals surface area (Å²) in [5.41, 5.74) is 0. The van der Waals surface area contributed by atoms with E-state index >= 15 is 0 Å². The van der Waals surface area contributed by atoms with Crippen LogP contribution in [0.1, 0.15) is 32.1 Å². The van der Waals surface area contributed by atoms with E-state index in [0.717, 1.165) is 32.1 Å². The minimum absolute atomic E-state index is 0.0441. The average molecular weight is 263 g/mol. The number of ether oxygens (including phenoxy) is 1. The van der Waals surface area contributed by atoms with Crippen molar-refractivity contribution < 1.29 is 14.6 Å². The molecule has 1 aromatic rings. The van der Waals surface area contributed by atoms with Gasteiger partial charge in [0.15, 0.2) is 0 Å². The van der Waals surface area contributed by atoms with Crippen molar-refractivity contribution in [3.05, 3.63) is 18.6 Å². The summed E-state index contributed by atoms with van der Waals surface area (Å²) in [6.07, 6.45) is 8.52. The van der Waals surface area contributed by atoms with Crippen molar-refractivity contribution in [1.29, 1.82) is 0 Å². The van der Waals surface area contributed by atoms with Gasteiger partial charge in [0.05, 0.1) is 6.20 Å². The molecule has 0 aromatic carbocycles. The van der Waals surface area contributed by atoms with Crippen LogP contribution in [0.15, 0.2) is 18.6 Å². The van der Waals surface area contributed by atoms with Crippen LogP contribution in [0, 0.1) is 0 Å². The van der Waals surface area contributed by atoms with Crippen molar-refractivity contribution >= 4 is 6.09 Å². The Balaban J connectivity index is 1.69. The first kappa shape index (κ1) is 12.2. The van der Waals surface area contributed by atoms with E-state index in [0.29, 0.717) is 5.88 Å². The van der Waals surface area contributed by atoms with Crippen LogP contribution in [0.5, 0.6) is 5.88 Å². The zero-order chi connectivity index (χ0) is 13.2. The van der Waals surface area contributed by atoms with Crippen molar-refractivity contribution in [3.63, 3.8) is 0 Å². The Morgan fingerprint density at radius 1 is 1.32 bits per heavy atom. The molecule has 6 heteroatoms. The van der Waals surface area contributed by atoms with Crippen LogP contribution in [0.2, 0.25) is 0 Å². The number of amides is 1. The fourth-order valence-corrected chi connectivity index (χ4v) is 3.26. The van der Waals surface area contributed by atoms with Crippen molar-refractivity contribution in [2.24, 2.45) is 0 Å². The third-order valence-corrected chi connectivity index (χ3v) is 3.98. The fraction of sp³-hybridized carbons (Fsp3) is 0.615. The van der Waals surface area contributed by atoms with E-state index in [-0.39, 0.29) is 18.2 Å². The number of carbonyl (C=O) groups is 1. The second-order valence-electron chi connectivity index (χ2n) is 5.18. The van der Waals surface area contributed by atoms with Gasteiger partial charge in [0, 0.05) is 37.3 Å². The molecule has 2 bridgehead atoms. The number of carboxylic acid groups (broad SMARTS) is 1. The predicted molar refractivity (Wildman–Crippen MR) is 67.0 cm³/mol. The third kappa shape index (κ3) is 2.47. The Labute approximate surface area is 111 Å². The molecular formula is C13H17N3O3. The maximum Gasteiger partial charge on any atom is 0.407 e. The normalized spacial score (nSPS) is 29.9. The Morgan fingerprint density at radius 3 is 2.63 bits per heavy atom. The zero-order valence-electron chi connectivity index (χ0n) is 10.6. The van der Waals surface area contributed by atoms with Crippen LogP contribution in [0.4, 0.5) is 4.79 Å². The summed E-state index contributed by atoms with van der Waals surface area (Å²) in [6.45, 7) is 0. The highest BCUT2D eigenvalue weighted by Gasteiger charge is 2.41. The van der Waals surface area contributed by atoms with E-state index in [4.69, 9.17) is 4.74 Å². The maximum absolute atomic E-state index is 11.3. The molecule has 3 heterocycles. The first-order chi connectivity index (χ1) is 9.24. The number of hydrogen-bond donors (Lipinski definition) is 1. The molecule has 1 amide bonds. The lowest BCUT2D eigenvalue weighted by molar-refractivity contribution is -0.00730. The molecule has 0 unspecified atom stereocenters. The minimum Gasteiger partial charge on any atom is -0.473 e. The first-order valence-corrected chi connectivity index (χ1v) is 6.68. The van der Waals surface area contributed by atoms with Gasteiger partial charge in [-0.2, -0.15) is 0 Å². The molecule has 3 rings (SSSR count). The average Bonchev–Trinajstić information content (AvgIpc) is 2.38. The number of rotatable bonds is 2. The lowest BCUT2D eigenvalue weighted by atomic mass is 9.83. The number of nitrogens with zero attached hydrogens (tertiary/aromatic N) is 3. The van der Waals surface area contributed by atoms with Gasteiger partial charge in [0.25, 0.3) is 0 Å². The number of piperidine rings is 2. The molecule has 1 N–H and O–H groups in total. The molecule has 102 valence electrons. The number of hydrogen-bond acceptors (Lipinski definition) is 4. The summed E-state index contributed by atoms with van der Waals surface area (Å²) in [5.74, 6) is 0.523. The van der Waals surface area contributed by atoms with Gasteiger partial charge in [0.1, 0.15) is 6.10 Å². The molecular weight excluding hydrogens is 246 g/mol. The van der Waals surface area contributed by atoms with Crippen molar-refractivity contribution in [2.45, 2.75) is 50.3 Å². The second kappa shape index (κ2) is 5.03. The van der Waals surface area contributed by atoms with Gasteiger partial charge in [-0.15, -0.1) is 0 Å². The largest absolute Gasteiger partial charge is 0.473 e. The molecule has 0 spiro atoms. The van der Waals surface area contributed by atoms with E-state index in [1.54, 1.807) is 23.5 Å². The lowest BCUT2D eigenvalue weighted by Crippen LogP contribution is -2.56. The summed E-state index contributed by atoms with van der Waals surface area (Å²) in [6, 6.07) is 0.179. The van der Waals surface area contributed by atoms with Gasteiger partial charge in [-0.3, -0.25) is 4.98 Å². The first-order valence-electron chi connectivity index (χ1n) is 6.68. The van der Waals surface area contributed by atoms with Crippen LogP contribution in [0.3, 0.4) is 0 Å². The third-order valence-electron chi connectivity index (χ3n) is 3.98. The van der Waals surface area contributed by atoms with Gasteiger partial charge in [-0.1, -0.05) is 0 Å². The fourth-order valence-electron chi connectivity index (χ4n) is 3.26. The van der Waals surface area contributed by atoms with Crippen LogP contribution in [-0.2, 0) is 0 Å². The van der Waals surface area contributed by atoms with Crippen LogP contribution < -0.4 is 4.74 Å². The summed E-state index contributed by atoms with van der Waals surface area (Å²) in [7, 11) is 0. The van der Waals surface area contributed by atoms with Gasteiger partial charge in [-0.25, -0.2) is 9.78 Å². The molecule has 0 aliphatic carbocycles. The van der Waals surface area contributed by atoms with Crippen LogP contribution in [0.25, 0.3) is 0 Å². The molecule has 6 nitrogen and oxygen atoms in total. The summed E-state index contributed by atoms with van der Waals surface area (Å²) < 4.78 is 5.83. The molecule has 0 saturated carbocycles. The number of fused-ring (bicyclic) bond motifs is 2. The van der Waals surface area contributed by atoms with E-state index < -0.39 is 6.09 Å². The van der Waals surface area contributed by atoms with Crippen LogP contribution >= 0.6 is 0 Å². The monoisotopic (exact) mass is 263 g/mol. The summed E-state index contributed by atoms with van der Waals surface area (Å²) in [4.78, 5) is 21.0. The van der Waals surface area contributed by atoms with Gasteiger partial charge >= 0.3 is 6.09 Å². The SMILES string of the molecule is O=C(O)N1[C@@H]2CCC[C@H]1C[C@H](Oc1cnccn1)C2. The molecule has 19 heavy (non-hydrogen) atoms. The zero-order valence-corrected chi connectivity index (χ0v) is 10.6. The highest BCUT2D eigenvalue weighted by atomic mass is 16.5. The van der Waals surface area contributed by atoms with Crippen molar-refractivity contribution in [2.75, 3.05) is 0 Å². The quantitative estimate of drug-likeness (QED) is 0.882. The summed E-state index contributed by atoms with van der Waals surface area (Å²) >= 11 is 0. The Morgan fingerprint density at radius 2 is 2.05 bits per heavy atom. The minimum atomic E-state index is -0.798. The van der Waals surface area contributed by atoms with E-state index in [2.05, 4.69) is 9.97 Å². The molecule has 2 saturated heterocycles. The molecule has 3 atom stereocenters. The van der Waals surface area contributed by atoms with Gasteiger partial charge in [0.2, 0.25) is 5.88 Å². The Hall–Kier alpha value is -1.85. The highest BCUT2D eigenvalue weighted by Crippen LogP contribution is 2.35. The molecule has 2 aliphatic heterocycles. The highest BCUT2D eigenvalue weighted by molar-refractivity contribution is 5.66. The number of aromatic nitrogens is 2. The van der Waals surface area contributed by atoms with Gasteiger partial charge in [-0.05, 0) is 19.3 Å². The predicted octanol–water partition coefficient (Wildman–Crippen LogP) is 1.92. The van der Waals surface area contributed by atoms with E-state index in [1.165, 1.54) is 0 Å². The summed E-state index contributed by atoms with van der Waals surface area (Å²) in [5, 5.41) is 9.28. The molecule has 0 radical (unpaired) electrons. The van der Waals surface area contributed by atoms with E-state index in [9.17, 15) is 9.90 Å². The standard InChI is InChI=1S/C13H17N3O3/c17-13(18)16-9-2-1-3-10(16)7-11(6-9)19-12-8-14-4-5-15-12/h4-5,8-11H,1-3,6-7H2,(H,17,18)/t9-,10+,11-. The second-order valence-corrected chi connectivity index (χ2v) is 5.18. The lowest BCUT2D eigenvalue weighted by Gasteiger charge is -2.46. The van der Waals surface area contributed by atoms with Crippen LogP contribution in [-0.4, -0.2) is 44.3 Å². The van der Waals surface area contributed by atoms with E-state index in [1.807, 2.05) is 0 Å². The smallest absolute Gasteiger partial charge is 0.407 e. The molecule has 2 aliphatic rings. The molecule has 1 aromatic heterocycles. The van der Waals surface area contributed by atoms with Crippen molar-refractivity contribution in [1.82, 2.24) is 14.9 Å². The van der Waals surface area contributed by atoms with Gasteiger partial charge < -0.3 is 14.7 Å². The van der Waals surface area contributed by atoms with Crippen molar-refractivity contribution in [3.8, 4) is 5.88 Å². The Kier molecular flexibility index (Phi) is 3.23. The topological polar surface area (TPSA) is 75.5 Å². The maximum atomic E-state index is 11.3. The Bertz CT molecular complexity index is 440.